The van der Waals surface area contributed by atoms with Crippen LogP contribution in [-0.4, -0.2) is 15.7 Å². The second-order valence-corrected chi connectivity index (χ2v) is 10.3. The largest absolute Gasteiger partial charge is 0.247 e. The van der Waals surface area contributed by atoms with Crippen LogP contribution >= 0.6 is 38.6 Å². The lowest BCUT2D eigenvalue weighted by atomic mass is 10.1. The van der Waals surface area contributed by atoms with Gasteiger partial charge in [-0.05, 0) is 41.1 Å². The molecule has 0 bridgehead atoms. The lowest BCUT2D eigenvalue weighted by molar-refractivity contribution is 0.700. The van der Waals surface area contributed by atoms with Gasteiger partial charge in [-0.3, -0.25) is 0 Å². The van der Waals surface area contributed by atoms with Crippen LogP contribution in [0.1, 0.15) is 22.2 Å². The molecule has 5 aromatic rings. The molecular formula is C25H17BrN4S2. The molecule has 32 heavy (non-hydrogen) atoms. The van der Waals surface area contributed by atoms with Gasteiger partial charge in [-0.15, -0.1) is 22.7 Å². The number of hydrogen-bond acceptors (Lipinski definition) is 6. The Morgan fingerprint density at radius 3 is 2.50 bits per heavy atom. The zero-order valence-corrected chi connectivity index (χ0v) is 20.1. The first-order valence-corrected chi connectivity index (χ1v) is 12.8. The minimum Gasteiger partial charge on any atom is -0.223 e. The van der Waals surface area contributed by atoms with Crippen molar-refractivity contribution in [3.63, 3.8) is 0 Å². The fourth-order valence-corrected chi connectivity index (χ4v) is 5.89. The standard InChI is InChI=1S/C25H17BrN4S2/c26-17-10-11-19-18(14-17)24(16-6-2-1-3-7-16)28-25(27-19)30-21(23-9-5-13-32-23)15-20(29-30)22-8-4-12-31-22/h1-14,21H,15H2. The van der Waals surface area contributed by atoms with Crippen LogP contribution < -0.4 is 5.01 Å². The molecule has 0 saturated heterocycles. The minimum atomic E-state index is 0.0867. The van der Waals surface area contributed by atoms with Gasteiger partial charge >= 0.3 is 0 Å². The van der Waals surface area contributed by atoms with Crippen molar-refractivity contribution in [2.24, 2.45) is 5.10 Å². The van der Waals surface area contributed by atoms with E-state index in [1.807, 2.05) is 35.3 Å². The fraction of sp³-hybridized carbons (Fsp3) is 0.0800. The molecule has 1 unspecified atom stereocenters. The summed E-state index contributed by atoms with van der Waals surface area (Å²) in [5, 5.41) is 12.3. The maximum Gasteiger partial charge on any atom is 0.247 e. The van der Waals surface area contributed by atoms with E-state index in [-0.39, 0.29) is 6.04 Å². The molecule has 156 valence electrons. The lowest BCUT2D eigenvalue weighted by Crippen LogP contribution is -2.20. The number of fused-ring (bicyclic) bond motifs is 1. The third-order valence-electron chi connectivity index (χ3n) is 5.49. The van der Waals surface area contributed by atoms with Crippen molar-refractivity contribution >= 4 is 61.2 Å². The van der Waals surface area contributed by atoms with Gasteiger partial charge in [0.2, 0.25) is 5.95 Å². The summed E-state index contributed by atoms with van der Waals surface area (Å²) in [6, 6.07) is 25.0. The third kappa shape index (κ3) is 3.56. The molecule has 0 saturated carbocycles. The number of hydrazone groups is 1. The van der Waals surface area contributed by atoms with Crippen molar-refractivity contribution in [3.05, 3.63) is 97.8 Å². The highest BCUT2D eigenvalue weighted by molar-refractivity contribution is 9.10. The number of halogens is 1. The second-order valence-electron chi connectivity index (χ2n) is 7.50. The molecule has 1 aliphatic rings. The highest BCUT2D eigenvalue weighted by atomic mass is 79.9. The lowest BCUT2D eigenvalue weighted by Gasteiger charge is -2.21. The van der Waals surface area contributed by atoms with Crippen LogP contribution in [0.25, 0.3) is 22.2 Å². The first-order valence-electron chi connectivity index (χ1n) is 10.2. The molecule has 3 aromatic heterocycles. The predicted molar refractivity (Wildman–Crippen MR) is 138 cm³/mol. The summed E-state index contributed by atoms with van der Waals surface area (Å²) in [7, 11) is 0. The van der Waals surface area contributed by atoms with Crippen LogP contribution in [0.2, 0.25) is 0 Å². The number of hydrogen-bond donors (Lipinski definition) is 0. The van der Waals surface area contributed by atoms with Gasteiger partial charge in [0.15, 0.2) is 0 Å². The molecule has 0 amide bonds. The second kappa shape index (κ2) is 8.24. The molecule has 1 aliphatic heterocycles. The molecule has 4 heterocycles. The first kappa shape index (κ1) is 19.8. The van der Waals surface area contributed by atoms with Gasteiger partial charge in [-0.25, -0.2) is 15.0 Å². The molecule has 2 aromatic carbocycles. The number of anilines is 1. The highest BCUT2D eigenvalue weighted by Gasteiger charge is 2.33. The zero-order valence-electron chi connectivity index (χ0n) is 16.9. The summed E-state index contributed by atoms with van der Waals surface area (Å²) in [6.07, 6.45) is 0.837. The van der Waals surface area contributed by atoms with Gasteiger partial charge in [-0.1, -0.05) is 58.4 Å². The van der Waals surface area contributed by atoms with E-state index in [2.05, 4.69) is 69.2 Å². The van der Waals surface area contributed by atoms with Gasteiger partial charge in [0.1, 0.15) is 0 Å². The Morgan fingerprint density at radius 2 is 1.72 bits per heavy atom. The normalized spacial score (nSPS) is 16.0. The Bertz CT molecular complexity index is 1410. The third-order valence-corrected chi connectivity index (χ3v) is 7.87. The molecular weight excluding hydrogens is 500 g/mol. The Labute approximate surface area is 202 Å². The van der Waals surface area contributed by atoms with E-state index in [0.29, 0.717) is 5.95 Å². The van der Waals surface area contributed by atoms with Crippen molar-refractivity contribution in [1.29, 1.82) is 0 Å². The molecule has 0 fully saturated rings. The zero-order chi connectivity index (χ0) is 21.5. The minimum absolute atomic E-state index is 0.0867. The number of nitrogens with zero attached hydrogens (tertiary/aromatic N) is 4. The van der Waals surface area contributed by atoms with E-state index >= 15 is 0 Å². The average Bonchev–Trinajstić information content (AvgIpc) is 3.60. The topological polar surface area (TPSA) is 41.4 Å². The summed E-state index contributed by atoms with van der Waals surface area (Å²) in [5.41, 5.74) is 3.96. The van der Waals surface area contributed by atoms with Crippen molar-refractivity contribution in [3.8, 4) is 11.3 Å². The van der Waals surface area contributed by atoms with Gasteiger partial charge < -0.3 is 0 Å². The van der Waals surface area contributed by atoms with Gasteiger partial charge in [-0.2, -0.15) is 5.10 Å². The smallest absolute Gasteiger partial charge is 0.223 e. The van der Waals surface area contributed by atoms with Crippen molar-refractivity contribution in [2.75, 3.05) is 5.01 Å². The Hall–Kier alpha value is -2.87. The van der Waals surface area contributed by atoms with E-state index in [1.165, 1.54) is 9.75 Å². The van der Waals surface area contributed by atoms with Crippen LogP contribution in [0.5, 0.6) is 0 Å². The summed E-state index contributed by atoms with van der Waals surface area (Å²) in [6.45, 7) is 0. The van der Waals surface area contributed by atoms with Crippen LogP contribution in [-0.2, 0) is 0 Å². The van der Waals surface area contributed by atoms with Crippen LogP contribution in [0.15, 0.2) is 93.1 Å². The Kier molecular flexibility index (Phi) is 5.09. The molecule has 6 rings (SSSR count). The van der Waals surface area contributed by atoms with E-state index < -0.39 is 0 Å². The maximum atomic E-state index is 5.07. The van der Waals surface area contributed by atoms with Crippen molar-refractivity contribution in [2.45, 2.75) is 12.5 Å². The molecule has 0 radical (unpaired) electrons. The summed E-state index contributed by atoms with van der Waals surface area (Å²) in [4.78, 5) is 12.5. The van der Waals surface area contributed by atoms with E-state index in [4.69, 9.17) is 15.1 Å². The average molecular weight is 517 g/mol. The first-order chi connectivity index (χ1) is 15.8. The van der Waals surface area contributed by atoms with Crippen LogP contribution in [0.3, 0.4) is 0 Å². The predicted octanol–water partition coefficient (Wildman–Crippen LogP) is 7.54. The molecule has 1 atom stereocenters. The molecule has 7 heteroatoms. The van der Waals surface area contributed by atoms with Gasteiger partial charge in [0.25, 0.3) is 0 Å². The SMILES string of the molecule is Brc1ccc2nc(N3N=C(c4cccs4)CC3c3cccs3)nc(-c3ccccc3)c2c1. The van der Waals surface area contributed by atoms with Crippen LogP contribution in [0, 0.1) is 0 Å². The number of thiophene rings is 2. The Balaban J connectivity index is 1.55. The van der Waals surface area contributed by atoms with Gasteiger partial charge in [0.05, 0.1) is 27.8 Å². The van der Waals surface area contributed by atoms with E-state index in [9.17, 15) is 0 Å². The quantitative estimate of drug-likeness (QED) is 0.247. The molecule has 4 nitrogen and oxygen atoms in total. The number of benzene rings is 2. The molecule has 0 aliphatic carbocycles. The van der Waals surface area contributed by atoms with E-state index in [1.54, 1.807) is 22.7 Å². The number of aromatic nitrogens is 2. The number of rotatable bonds is 4. The van der Waals surface area contributed by atoms with Crippen molar-refractivity contribution < 1.29 is 0 Å². The van der Waals surface area contributed by atoms with Gasteiger partial charge in [0, 0.05) is 26.7 Å². The van der Waals surface area contributed by atoms with Crippen LogP contribution in [0.4, 0.5) is 5.95 Å². The van der Waals surface area contributed by atoms with Crippen molar-refractivity contribution in [1.82, 2.24) is 9.97 Å². The maximum absolute atomic E-state index is 5.07. The summed E-state index contributed by atoms with van der Waals surface area (Å²) >= 11 is 7.08. The van der Waals surface area contributed by atoms with E-state index in [0.717, 1.165) is 38.8 Å². The fourth-order valence-electron chi connectivity index (χ4n) is 4.00. The Morgan fingerprint density at radius 1 is 0.875 bits per heavy atom. The molecule has 0 N–H and O–H groups in total. The summed E-state index contributed by atoms with van der Waals surface area (Å²) in [5.74, 6) is 0.628. The summed E-state index contributed by atoms with van der Waals surface area (Å²) < 4.78 is 1.01. The molecule has 0 spiro atoms. The monoisotopic (exact) mass is 516 g/mol. The highest BCUT2D eigenvalue weighted by Crippen LogP contribution is 2.39.